The summed E-state index contributed by atoms with van der Waals surface area (Å²) in [5.41, 5.74) is 7.32. The highest BCUT2D eigenvalue weighted by Gasteiger charge is 2.09. The summed E-state index contributed by atoms with van der Waals surface area (Å²) >= 11 is 0. The monoisotopic (exact) mass is 250 g/mol. The van der Waals surface area contributed by atoms with Crippen LogP contribution in [0.4, 0.5) is 0 Å². The maximum atomic E-state index is 6.06. The highest BCUT2D eigenvalue weighted by Crippen LogP contribution is 2.17. The van der Waals surface area contributed by atoms with Crippen molar-refractivity contribution in [1.29, 1.82) is 0 Å². The molecule has 18 heavy (non-hydrogen) atoms. The molecule has 0 amide bonds. The molecule has 0 radical (unpaired) electrons. The van der Waals surface area contributed by atoms with E-state index < -0.39 is 0 Å². The number of hydrogen-bond acceptors (Lipinski definition) is 3. The van der Waals surface area contributed by atoms with Gasteiger partial charge in [-0.3, -0.25) is 0 Å². The largest absolute Gasteiger partial charge is 0.497 e. The topological polar surface area (TPSA) is 47.3 Å². The van der Waals surface area contributed by atoms with E-state index in [1.54, 1.807) is 7.11 Å². The van der Waals surface area contributed by atoms with Crippen LogP contribution in [0.5, 0.6) is 5.75 Å². The standard InChI is InChI=1S/C15H26N2O/c1-11(2)9-14(16)10-17-12(3)13-5-7-15(18-4)8-6-13/h5-8,11-12,14,17H,9-10,16H2,1-4H3. The summed E-state index contributed by atoms with van der Waals surface area (Å²) in [4.78, 5) is 0. The first-order valence-corrected chi connectivity index (χ1v) is 6.65. The molecular formula is C15H26N2O. The van der Waals surface area contributed by atoms with Crippen molar-refractivity contribution in [2.45, 2.75) is 39.3 Å². The van der Waals surface area contributed by atoms with E-state index >= 15 is 0 Å². The summed E-state index contributed by atoms with van der Waals surface area (Å²) in [5, 5.41) is 3.48. The fourth-order valence-corrected chi connectivity index (χ4v) is 2.03. The van der Waals surface area contributed by atoms with Gasteiger partial charge in [-0.2, -0.15) is 0 Å². The molecule has 0 aliphatic heterocycles. The Bertz CT molecular complexity index is 335. The third-order valence-corrected chi connectivity index (χ3v) is 3.08. The van der Waals surface area contributed by atoms with Crippen LogP contribution in [0.2, 0.25) is 0 Å². The molecule has 0 heterocycles. The first-order valence-electron chi connectivity index (χ1n) is 6.65. The summed E-state index contributed by atoms with van der Waals surface area (Å²) in [6.45, 7) is 7.41. The smallest absolute Gasteiger partial charge is 0.118 e. The van der Waals surface area contributed by atoms with Crippen LogP contribution in [0, 0.1) is 5.92 Å². The summed E-state index contributed by atoms with van der Waals surface area (Å²) in [7, 11) is 1.68. The summed E-state index contributed by atoms with van der Waals surface area (Å²) in [5.74, 6) is 1.54. The minimum Gasteiger partial charge on any atom is -0.497 e. The summed E-state index contributed by atoms with van der Waals surface area (Å²) in [6.07, 6.45) is 1.06. The second-order valence-electron chi connectivity index (χ2n) is 5.29. The summed E-state index contributed by atoms with van der Waals surface area (Å²) in [6, 6.07) is 8.69. The van der Waals surface area contributed by atoms with Gasteiger partial charge in [0.1, 0.15) is 5.75 Å². The van der Waals surface area contributed by atoms with Crippen molar-refractivity contribution in [2.24, 2.45) is 11.7 Å². The Morgan fingerprint density at radius 3 is 2.28 bits per heavy atom. The minimum absolute atomic E-state index is 0.227. The molecule has 3 heteroatoms. The lowest BCUT2D eigenvalue weighted by Crippen LogP contribution is -2.36. The molecule has 0 saturated carbocycles. The second kappa shape index (κ2) is 7.39. The lowest BCUT2D eigenvalue weighted by molar-refractivity contribution is 0.414. The van der Waals surface area contributed by atoms with E-state index in [1.165, 1.54) is 5.56 Å². The molecule has 1 rings (SSSR count). The molecule has 0 aliphatic carbocycles. The maximum absolute atomic E-state index is 6.06. The molecule has 0 aromatic heterocycles. The second-order valence-corrected chi connectivity index (χ2v) is 5.29. The van der Waals surface area contributed by atoms with Crippen LogP contribution in [-0.4, -0.2) is 19.7 Å². The Hall–Kier alpha value is -1.06. The molecule has 3 nitrogen and oxygen atoms in total. The van der Waals surface area contributed by atoms with E-state index in [0.717, 1.165) is 18.7 Å². The van der Waals surface area contributed by atoms with Gasteiger partial charge in [-0.25, -0.2) is 0 Å². The molecule has 0 fully saturated rings. The van der Waals surface area contributed by atoms with Crippen molar-refractivity contribution in [1.82, 2.24) is 5.32 Å². The third kappa shape index (κ3) is 5.07. The molecular weight excluding hydrogens is 224 g/mol. The van der Waals surface area contributed by atoms with Crippen LogP contribution in [0.15, 0.2) is 24.3 Å². The van der Waals surface area contributed by atoms with Gasteiger partial charge < -0.3 is 15.8 Å². The molecule has 0 bridgehead atoms. The van der Waals surface area contributed by atoms with Crippen molar-refractivity contribution in [3.05, 3.63) is 29.8 Å². The Labute approximate surface area is 111 Å². The first kappa shape index (κ1) is 15.0. The van der Waals surface area contributed by atoms with Crippen molar-refractivity contribution in [3.8, 4) is 5.75 Å². The van der Waals surface area contributed by atoms with Crippen LogP contribution in [0.25, 0.3) is 0 Å². The Balaban J connectivity index is 2.42. The van der Waals surface area contributed by atoms with Crippen LogP contribution in [0.3, 0.4) is 0 Å². The predicted molar refractivity (Wildman–Crippen MR) is 76.8 cm³/mol. The molecule has 0 aliphatic rings. The number of methoxy groups -OCH3 is 1. The molecule has 102 valence electrons. The van der Waals surface area contributed by atoms with Gasteiger partial charge in [0.05, 0.1) is 7.11 Å². The predicted octanol–water partition coefficient (Wildman–Crippen LogP) is 2.72. The van der Waals surface area contributed by atoms with E-state index in [0.29, 0.717) is 12.0 Å². The average molecular weight is 250 g/mol. The normalized spacial score (nSPS) is 14.6. The van der Waals surface area contributed by atoms with Crippen LogP contribution < -0.4 is 15.8 Å². The SMILES string of the molecule is COc1ccc(C(C)NCC(N)CC(C)C)cc1. The molecule has 0 spiro atoms. The van der Waals surface area contributed by atoms with Gasteiger partial charge in [-0.15, -0.1) is 0 Å². The number of nitrogens with two attached hydrogens (primary N) is 1. The van der Waals surface area contributed by atoms with Crippen molar-refractivity contribution < 1.29 is 4.74 Å². The number of hydrogen-bond donors (Lipinski definition) is 2. The zero-order valence-corrected chi connectivity index (χ0v) is 11.9. The van der Waals surface area contributed by atoms with E-state index in [9.17, 15) is 0 Å². The molecule has 2 unspecified atom stereocenters. The van der Waals surface area contributed by atoms with Gasteiger partial charge in [0.15, 0.2) is 0 Å². The summed E-state index contributed by atoms with van der Waals surface area (Å²) < 4.78 is 5.15. The van der Waals surface area contributed by atoms with Gasteiger partial charge in [0, 0.05) is 18.6 Å². The highest BCUT2D eigenvalue weighted by atomic mass is 16.5. The van der Waals surface area contributed by atoms with Gasteiger partial charge in [-0.1, -0.05) is 26.0 Å². The molecule has 2 atom stereocenters. The average Bonchev–Trinajstić information content (AvgIpc) is 2.35. The molecule has 1 aromatic carbocycles. The van der Waals surface area contributed by atoms with Gasteiger partial charge >= 0.3 is 0 Å². The minimum atomic E-state index is 0.227. The Morgan fingerprint density at radius 2 is 1.78 bits per heavy atom. The zero-order chi connectivity index (χ0) is 13.5. The molecule has 0 saturated heterocycles. The van der Waals surface area contributed by atoms with E-state index in [2.05, 4.69) is 38.2 Å². The van der Waals surface area contributed by atoms with Crippen LogP contribution >= 0.6 is 0 Å². The van der Waals surface area contributed by atoms with Crippen molar-refractivity contribution >= 4 is 0 Å². The van der Waals surface area contributed by atoms with Crippen LogP contribution in [0.1, 0.15) is 38.8 Å². The molecule has 1 aromatic rings. The lowest BCUT2D eigenvalue weighted by Gasteiger charge is -2.19. The fourth-order valence-electron chi connectivity index (χ4n) is 2.03. The number of rotatable bonds is 7. The zero-order valence-electron chi connectivity index (χ0n) is 11.9. The van der Waals surface area contributed by atoms with Crippen molar-refractivity contribution in [3.63, 3.8) is 0 Å². The number of benzene rings is 1. The fraction of sp³-hybridized carbons (Fsp3) is 0.600. The van der Waals surface area contributed by atoms with Crippen molar-refractivity contribution in [2.75, 3.05) is 13.7 Å². The van der Waals surface area contributed by atoms with Crippen LogP contribution in [-0.2, 0) is 0 Å². The first-order chi connectivity index (χ1) is 8.52. The number of nitrogens with one attached hydrogen (secondary N) is 1. The van der Waals surface area contributed by atoms with Gasteiger partial charge in [0.25, 0.3) is 0 Å². The van der Waals surface area contributed by atoms with Gasteiger partial charge in [-0.05, 0) is 37.0 Å². The maximum Gasteiger partial charge on any atom is 0.118 e. The highest BCUT2D eigenvalue weighted by molar-refractivity contribution is 5.28. The molecule has 3 N–H and O–H groups in total. The van der Waals surface area contributed by atoms with E-state index in [4.69, 9.17) is 10.5 Å². The third-order valence-electron chi connectivity index (χ3n) is 3.08. The van der Waals surface area contributed by atoms with E-state index in [1.807, 2.05) is 12.1 Å². The Morgan fingerprint density at radius 1 is 1.17 bits per heavy atom. The Kier molecular flexibility index (Phi) is 6.16. The lowest BCUT2D eigenvalue weighted by atomic mass is 10.0. The number of ether oxygens (including phenoxy) is 1. The van der Waals surface area contributed by atoms with Gasteiger partial charge in [0.2, 0.25) is 0 Å². The quantitative estimate of drug-likeness (QED) is 0.782. The van der Waals surface area contributed by atoms with E-state index in [-0.39, 0.29) is 6.04 Å².